The monoisotopic (exact) mass is 529 g/mol. The Balaban J connectivity index is 1.37. The molecule has 0 saturated heterocycles. The molecular weight excluding hydrogens is 507 g/mol. The third kappa shape index (κ3) is 6.65. The minimum atomic E-state index is -4.57. The molecule has 2 heterocycles. The second-order valence-electron chi connectivity index (χ2n) is 8.43. The molecule has 11 heteroatoms. The van der Waals surface area contributed by atoms with E-state index in [0.717, 1.165) is 23.3 Å². The first-order chi connectivity index (χ1) is 17.6. The van der Waals surface area contributed by atoms with Crippen molar-refractivity contribution in [3.8, 4) is 11.5 Å². The summed E-state index contributed by atoms with van der Waals surface area (Å²) in [6.45, 7) is 2.36. The lowest BCUT2D eigenvalue weighted by Gasteiger charge is -2.19. The first-order valence-corrected chi connectivity index (χ1v) is 11.7. The van der Waals surface area contributed by atoms with Crippen LogP contribution in [0.15, 0.2) is 66.0 Å². The van der Waals surface area contributed by atoms with Gasteiger partial charge < -0.3 is 9.64 Å². The predicted molar refractivity (Wildman–Crippen MR) is 134 cm³/mol. The third-order valence-electron chi connectivity index (χ3n) is 5.70. The van der Waals surface area contributed by atoms with Crippen LogP contribution in [-0.2, 0) is 19.0 Å². The number of nitrogens with one attached hydrogen (secondary N) is 1. The highest BCUT2D eigenvalue weighted by Gasteiger charge is 2.33. The van der Waals surface area contributed by atoms with Gasteiger partial charge in [0.1, 0.15) is 17.8 Å². The fourth-order valence-corrected chi connectivity index (χ4v) is 3.88. The molecule has 0 bridgehead atoms. The van der Waals surface area contributed by atoms with Gasteiger partial charge in [-0.1, -0.05) is 23.7 Å². The molecule has 0 spiro atoms. The summed E-state index contributed by atoms with van der Waals surface area (Å²) in [5.41, 5.74) is 1.83. The molecule has 0 unspecified atom stereocenters. The quantitative estimate of drug-likeness (QED) is 0.320. The summed E-state index contributed by atoms with van der Waals surface area (Å²) in [7, 11) is 1.83. The van der Waals surface area contributed by atoms with Crippen molar-refractivity contribution in [2.45, 2.75) is 25.9 Å². The lowest BCUT2D eigenvalue weighted by molar-refractivity contribution is -0.137. The minimum Gasteiger partial charge on any atom is -0.457 e. The molecule has 0 aliphatic heterocycles. The van der Waals surface area contributed by atoms with Crippen LogP contribution in [0.1, 0.15) is 27.9 Å². The number of rotatable bonds is 8. The Kier molecular flexibility index (Phi) is 7.77. The molecule has 0 aliphatic rings. The van der Waals surface area contributed by atoms with Gasteiger partial charge in [0.15, 0.2) is 0 Å². The number of hydrogen-bond donors (Lipinski definition) is 1. The van der Waals surface area contributed by atoms with E-state index in [1.165, 1.54) is 12.4 Å². The molecular formula is C26H23ClF3N5O2. The molecule has 0 radical (unpaired) electrons. The lowest BCUT2D eigenvalue weighted by Crippen LogP contribution is -2.27. The average Bonchev–Trinajstić information content (AvgIpc) is 2.86. The van der Waals surface area contributed by atoms with Crippen LogP contribution in [0.25, 0.3) is 0 Å². The summed E-state index contributed by atoms with van der Waals surface area (Å²) in [5, 5.41) is -0.384. The topological polar surface area (TPSA) is 84.0 Å². The molecule has 4 rings (SSSR count). The fraction of sp³-hybridized carbons (Fsp3) is 0.231. The Morgan fingerprint density at radius 2 is 1.70 bits per heavy atom. The van der Waals surface area contributed by atoms with Crippen LogP contribution in [0, 0.1) is 6.92 Å². The van der Waals surface area contributed by atoms with Crippen molar-refractivity contribution in [1.82, 2.24) is 19.9 Å². The van der Waals surface area contributed by atoms with E-state index in [1.807, 2.05) is 24.1 Å². The molecule has 0 amide bonds. The third-order valence-corrected chi connectivity index (χ3v) is 6.03. The van der Waals surface area contributed by atoms with Gasteiger partial charge in [-0.15, -0.1) is 0 Å². The first-order valence-electron chi connectivity index (χ1n) is 11.3. The minimum absolute atomic E-state index is 0.0397. The van der Waals surface area contributed by atoms with Gasteiger partial charge in [-0.05, 0) is 54.8 Å². The van der Waals surface area contributed by atoms with Gasteiger partial charge in [-0.2, -0.15) is 13.2 Å². The maximum Gasteiger partial charge on any atom is 0.417 e. The van der Waals surface area contributed by atoms with E-state index in [2.05, 4.69) is 19.9 Å². The van der Waals surface area contributed by atoms with E-state index in [1.54, 1.807) is 31.5 Å². The second kappa shape index (κ2) is 11.0. The number of ether oxygens (including phenoxy) is 1. The molecule has 7 nitrogen and oxygen atoms in total. The van der Waals surface area contributed by atoms with E-state index in [9.17, 15) is 18.0 Å². The number of anilines is 1. The Morgan fingerprint density at radius 1 is 1.03 bits per heavy atom. The van der Waals surface area contributed by atoms with Crippen molar-refractivity contribution in [3.63, 3.8) is 0 Å². The van der Waals surface area contributed by atoms with Gasteiger partial charge in [0.05, 0.1) is 16.3 Å². The number of aromatic amines is 1. The molecule has 0 aliphatic carbocycles. The first kappa shape index (κ1) is 26.2. The standard InChI is InChI=1S/C26H23ClF3N5O2/c1-16-21(11-18-13-31-15-32-14-18)24(36)34-25(33-16)35(2)10-9-17-3-5-19(6-4-17)37-20-7-8-23(27)22(12-20)26(28,29)30/h3-8,12-15H,9-11H2,1-2H3,(H,33,34,36). The van der Waals surface area contributed by atoms with Gasteiger partial charge in [-0.25, -0.2) is 15.0 Å². The van der Waals surface area contributed by atoms with Crippen LogP contribution in [0.4, 0.5) is 19.1 Å². The van der Waals surface area contributed by atoms with Gasteiger partial charge in [0.2, 0.25) is 5.95 Å². The molecule has 0 saturated carbocycles. The van der Waals surface area contributed by atoms with Crippen LogP contribution in [0.3, 0.4) is 0 Å². The number of nitrogens with zero attached hydrogens (tertiary/aromatic N) is 4. The highest BCUT2D eigenvalue weighted by Crippen LogP contribution is 2.37. The zero-order valence-electron chi connectivity index (χ0n) is 20.0. The number of aromatic nitrogens is 4. The van der Waals surface area contributed by atoms with E-state index in [4.69, 9.17) is 16.3 Å². The number of hydrogen-bond acceptors (Lipinski definition) is 6. The average molecular weight is 530 g/mol. The molecule has 0 atom stereocenters. The number of likely N-dealkylation sites (N-methyl/N-ethyl adjacent to an activating group) is 1. The van der Waals surface area contributed by atoms with E-state index in [0.29, 0.717) is 42.3 Å². The second-order valence-corrected chi connectivity index (χ2v) is 8.84. The van der Waals surface area contributed by atoms with Crippen molar-refractivity contribution in [2.24, 2.45) is 0 Å². The lowest BCUT2D eigenvalue weighted by atomic mass is 10.1. The predicted octanol–water partition coefficient (Wildman–Crippen LogP) is 5.60. The highest BCUT2D eigenvalue weighted by atomic mass is 35.5. The summed E-state index contributed by atoms with van der Waals surface area (Å²) < 4.78 is 44.8. The fourth-order valence-electron chi connectivity index (χ4n) is 3.66. The SMILES string of the molecule is Cc1nc(N(C)CCc2ccc(Oc3ccc(Cl)c(C(F)(F)F)c3)cc2)[nH]c(=O)c1Cc1cncnc1. The Hall–Kier alpha value is -3.92. The Morgan fingerprint density at radius 3 is 2.35 bits per heavy atom. The van der Waals surface area contributed by atoms with Gasteiger partial charge in [-0.3, -0.25) is 9.78 Å². The van der Waals surface area contributed by atoms with Crippen LogP contribution in [0.5, 0.6) is 11.5 Å². The number of benzene rings is 2. The smallest absolute Gasteiger partial charge is 0.417 e. The zero-order valence-corrected chi connectivity index (χ0v) is 20.8. The van der Waals surface area contributed by atoms with Gasteiger partial charge in [0.25, 0.3) is 5.56 Å². The van der Waals surface area contributed by atoms with E-state index in [-0.39, 0.29) is 16.3 Å². The number of H-pyrrole nitrogens is 1. The summed E-state index contributed by atoms with van der Waals surface area (Å²) >= 11 is 5.66. The Bertz CT molecular complexity index is 1430. The van der Waals surface area contributed by atoms with Crippen LogP contribution in [0.2, 0.25) is 5.02 Å². The molecule has 1 N–H and O–H groups in total. The summed E-state index contributed by atoms with van der Waals surface area (Å²) in [6, 6.07) is 10.4. The maximum absolute atomic E-state index is 13.1. The molecule has 4 aromatic rings. The molecule has 192 valence electrons. The van der Waals surface area contributed by atoms with Crippen LogP contribution >= 0.6 is 11.6 Å². The molecule has 2 aromatic heterocycles. The van der Waals surface area contributed by atoms with E-state index >= 15 is 0 Å². The normalized spacial score (nSPS) is 11.4. The molecule has 2 aromatic carbocycles. The Labute approximate surface area is 216 Å². The van der Waals surface area contributed by atoms with E-state index < -0.39 is 11.7 Å². The van der Waals surface area contributed by atoms with Gasteiger partial charge >= 0.3 is 6.18 Å². The number of aryl methyl sites for hydroxylation is 1. The number of alkyl halides is 3. The van der Waals surface area contributed by atoms with Crippen LogP contribution < -0.4 is 15.2 Å². The summed E-state index contributed by atoms with van der Waals surface area (Å²) in [6.07, 6.45) is 1.23. The largest absolute Gasteiger partial charge is 0.457 e. The van der Waals surface area contributed by atoms with Crippen LogP contribution in [-0.4, -0.2) is 33.5 Å². The van der Waals surface area contributed by atoms with Gasteiger partial charge in [0, 0.05) is 38.0 Å². The summed E-state index contributed by atoms with van der Waals surface area (Å²) in [4.78, 5) is 29.9. The highest BCUT2D eigenvalue weighted by molar-refractivity contribution is 6.31. The molecule has 37 heavy (non-hydrogen) atoms. The molecule has 0 fully saturated rings. The van der Waals surface area contributed by atoms with Crippen molar-refractivity contribution >= 4 is 17.5 Å². The van der Waals surface area contributed by atoms with Crippen molar-refractivity contribution < 1.29 is 17.9 Å². The zero-order chi connectivity index (χ0) is 26.6. The van der Waals surface area contributed by atoms with Crippen molar-refractivity contribution in [3.05, 3.63) is 105 Å². The van der Waals surface area contributed by atoms with Crippen molar-refractivity contribution in [1.29, 1.82) is 0 Å². The number of halogens is 4. The summed E-state index contributed by atoms with van der Waals surface area (Å²) in [5.74, 6) is 0.894. The van der Waals surface area contributed by atoms with Crippen molar-refractivity contribution in [2.75, 3.05) is 18.5 Å². The maximum atomic E-state index is 13.1.